The van der Waals surface area contributed by atoms with Crippen LogP contribution in [0.25, 0.3) is 10.9 Å². The zero-order valence-electron chi connectivity index (χ0n) is 15.6. The minimum atomic E-state index is -0.309. The summed E-state index contributed by atoms with van der Waals surface area (Å²) < 4.78 is 13.0. The van der Waals surface area contributed by atoms with Crippen LogP contribution in [0.1, 0.15) is 16.8 Å². The molecule has 0 spiro atoms. The Bertz CT molecular complexity index is 1230. The fourth-order valence-electron chi connectivity index (χ4n) is 3.13. The van der Waals surface area contributed by atoms with Crippen LogP contribution < -0.4 is 20.3 Å². The van der Waals surface area contributed by atoms with E-state index in [1.165, 1.54) is 4.57 Å². The van der Waals surface area contributed by atoms with Gasteiger partial charge in [-0.05, 0) is 42.5 Å². The molecule has 7 nitrogen and oxygen atoms in total. The van der Waals surface area contributed by atoms with Crippen LogP contribution >= 0.6 is 12.2 Å². The monoisotopic (exact) mass is 409 g/mol. The third-order valence-corrected chi connectivity index (χ3v) is 4.88. The van der Waals surface area contributed by atoms with E-state index in [1.807, 2.05) is 0 Å². The van der Waals surface area contributed by atoms with Crippen LogP contribution in [-0.2, 0) is 6.54 Å². The summed E-state index contributed by atoms with van der Waals surface area (Å²) in [6, 6.07) is 10.1. The van der Waals surface area contributed by atoms with Crippen LogP contribution in [0.3, 0.4) is 0 Å². The lowest BCUT2D eigenvalue weighted by Crippen LogP contribution is -2.22. The second kappa shape index (κ2) is 7.92. The van der Waals surface area contributed by atoms with Crippen molar-refractivity contribution in [3.63, 3.8) is 0 Å². The number of H-pyrrole nitrogens is 1. The molecule has 0 fully saturated rings. The lowest BCUT2D eigenvalue weighted by atomic mass is 10.1. The van der Waals surface area contributed by atoms with E-state index in [9.17, 15) is 9.59 Å². The molecule has 0 saturated heterocycles. The van der Waals surface area contributed by atoms with Gasteiger partial charge in [0, 0.05) is 30.3 Å². The molecule has 8 heteroatoms. The quantitative estimate of drug-likeness (QED) is 0.507. The first kappa shape index (κ1) is 18.9. The summed E-state index contributed by atoms with van der Waals surface area (Å²) in [5, 5.41) is 3.29. The third kappa shape index (κ3) is 3.79. The number of nitrogens with one attached hydrogen (secondary N) is 2. The van der Waals surface area contributed by atoms with Gasteiger partial charge in [0.2, 0.25) is 0 Å². The van der Waals surface area contributed by atoms with Gasteiger partial charge in [0.15, 0.2) is 16.3 Å². The van der Waals surface area contributed by atoms with Gasteiger partial charge in [-0.1, -0.05) is 6.08 Å². The van der Waals surface area contributed by atoms with Crippen molar-refractivity contribution in [2.24, 2.45) is 0 Å². The third-order valence-electron chi connectivity index (χ3n) is 4.56. The van der Waals surface area contributed by atoms with Gasteiger partial charge >= 0.3 is 0 Å². The van der Waals surface area contributed by atoms with Crippen LogP contribution in [0, 0.1) is 4.77 Å². The zero-order chi connectivity index (χ0) is 20.4. The van der Waals surface area contributed by atoms with Gasteiger partial charge in [0.25, 0.3) is 11.5 Å². The number of fused-ring (bicyclic) bond motifs is 2. The number of hydrogen-bond acceptors (Lipinski definition) is 5. The Morgan fingerprint density at radius 3 is 2.79 bits per heavy atom. The lowest BCUT2D eigenvalue weighted by molar-refractivity contribution is 0.102. The van der Waals surface area contributed by atoms with E-state index in [0.717, 1.165) is 6.42 Å². The van der Waals surface area contributed by atoms with Gasteiger partial charge in [0.1, 0.15) is 0 Å². The number of ether oxygens (including phenoxy) is 2. The van der Waals surface area contributed by atoms with Crippen molar-refractivity contribution in [2.75, 3.05) is 18.5 Å². The summed E-state index contributed by atoms with van der Waals surface area (Å²) in [7, 11) is 0. The molecule has 148 valence electrons. The van der Waals surface area contributed by atoms with Crippen molar-refractivity contribution in [3.8, 4) is 11.5 Å². The average Bonchev–Trinajstić information content (AvgIpc) is 2.95. The highest BCUT2D eigenvalue weighted by Crippen LogP contribution is 2.32. The Kier molecular flexibility index (Phi) is 5.18. The number of carbonyl (C=O) groups is 1. The number of amides is 1. The standard InChI is InChI=1S/C21H19N3O4S/c1-2-8-24-20(26)15-6-4-13(11-16(15)23-21(24)29)19(25)22-14-5-7-17-18(12-14)28-10-3-9-27-17/h2,4-7,11-12H,1,3,8-10H2,(H,22,25)(H,23,29). The van der Waals surface area contributed by atoms with Gasteiger partial charge in [-0.2, -0.15) is 0 Å². The first-order chi connectivity index (χ1) is 14.1. The number of carbonyl (C=O) groups excluding carboxylic acids is 1. The zero-order valence-corrected chi connectivity index (χ0v) is 16.4. The Morgan fingerprint density at radius 2 is 2.00 bits per heavy atom. The molecular weight excluding hydrogens is 390 g/mol. The number of aromatic amines is 1. The Labute approximate surface area is 171 Å². The van der Waals surface area contributed by atoms with E-state index in [1.54, 1.807) is 42.5 Å². The van der Waals surface area contributed by atoms with Crippen LogP contribution in [0.4, 0.5) is 5.69 Å². The number of anilines is 1. The Balaban J connectivity index is 1.63. The van der Waals surface area contributed by atoms with E-state index >= 15 is 0 Å². The smallest absolute Gasteiger partial charge is 0.262 e. The number of nitrogens with zero attached hydrogens (tertiary/aromatic N) is 1. The molecule has 2 aromatic carbocycles. The Morgan fingerprint density at radius 1 is 1.21 bits per heavy atom. The molecule has 0 bridgehead atoms. The van der Waals surface area contributed by atoms with Gasteiger partial charge in [0.05, 0.1) is 24.1 Å². The largest absolute Gasteiger partial charge is 0.490 e. The molecule has 1 aromatic heterocycles. The van der Waals surface area contributed by atoms with Gasteiger partial charge in [-0.15, -0.1) is 6.58 Å². The molecule has 0 aliphatic carbocycles. The van der Waals surface area contributed by atoms with Crippen molar-refractivity contribution in [1.29, 1.82) is 0 Å². The summed E-state index contributed by atoms with van der Waals surface area (Å²) >= 11 is 5.25. The molecule has 0 atom stereocenters. The summed E-state index contributed by atoms with van der Waals surface area (Å²) in [5.41, 5.74) is 1.27. The molecule has 4 rings (SSSR count). The van der Waals surface area contributed by atoms with Crippen molar-refractivity contribution in [2.45, 2.75) is 13.0 Å². The van der Waals surface area contributed by atoms with Crippen LogP contribution in [-0.4, -0.2) is 28.7 Å². The second-order valence-corrected chi connectivity index (χ2v) is 6.95. The van der Waals surface area contributed by atoms with E-state index in [-0.39, 0.29) is 16.2 Å². The molecule has 1 amide bonds. The maximum atomic E-state index is 12.7. The summed E-state index contributed by atoms with van der Waals surface area (Å²) in [4.78, 5) is 28.3. The molecule has 0 saturated carbocycles. The molecule has 0 unspecified atom stereocenters. The summed E-state index contributed by atoms with van der Waals surface area (Å²) in [6.45, 7) is 5.12. The number of hydrogen-bond donors (Lipinski definition) is 2. The minimum absolute atomic E-state index is 0.224. The molecule has 1 aliphatic heterocycles. The number of rotatable bonds is 4. The second-order valence-electron chi connectivity index (χ2n) is 6.56. The normalized spacial score (nSPS) is 13.0. The minimum Gasteiger partial charge on any atom is -0.490 e. The highest BCUT2D eigenvalue weighted by atomic mass is 32.1. The first-order valence-electron chi connectivity index (χ1n) is 9.15. The molecule has 29 heavy (non-hydrogen) atoms. The van der Waals surface area contributed by atoms with Crippen molar-refractivity contribution >= 4 is 34.7 Å². The van der Waals surface area contributed by atoms with Gasteiger partial charge in [-0.3, -0.25) is 14.2 Å². The van der Waals surface area contributed by atoms with Crippen LogP contribution in [0.5, 0.6) is 11.5 Å². The number of benzene rings is 2. The number of allylic oxidation sites excluding steroid dienone is 1. The van der Waals surface area contributed by atoms with E-state index in [0.29, 0.717) is 53.4 Å². The highest BCUT2D eigenvalue weighted by Gasteiger charge is 2.14. The maximum Gasteiger partial charge on any atom is 0.262 e. The Hall–Kier alpha value is -3.39. The van der Waals surface area contributed by atoms with E-state index in [4.69, 9.17) is 21.7 Å². The predicted octanol–water partition coefficient (Wildman–Crippen LogP) is 3.66. The molecule has 2 N–H and O–H groups in total. The van der Waals surface area contributed by atoms with Crippen molar-refractivity contribution in [3.05, 3.63) is 69.7 Å². The lowest BCUT2D eigenvalue weighted by Gasteiger charge is -2.11. The number of aromatic nitrogens is 2. The van der Waals surface area contributed by atoms with Crippen LogP contribution in [0.2, 0.25) is 0 Å². The average molecular weight is 409 g/mol. The maximum absolute atomic E-state index is 12.7. The molecular formula is C21H19N3O4S. The SMILES string of the molecule is C=CCn1c(=S)[nH]c2cc(C(=O)Nc3ccc4c(c3)OCCCO4)ccc2c1=O. The van der Waals surface area contributed by atoms with E-state index < -0.39 is 0 Å². The highest BCUT2D eigenvalue weighted by molar-refractivity contribution is 7.71. The first-order valence-corrected chi connectivity index (χ1v) is 9.56. The fraction of sp³-hybridized carbons (Fsp3) is 0.190. The molecule has 0 radical (unpaired) electrons. The summed E-state index contributed by atoms with van der Waals surface area (Å²) in [6.07, 6.45) is 2.41. The topological polar surface area (TPSA) is 85.3 Å². The van der Waals surface area contributed by atoms with E-state index in [2.05, 4.69) is 16.9 Å². The molecule has 3 aromatic rings. The summed E-state index contributed by atoms with van der Waals surface area (Å²) in [5.74, 6) is 0.955. The van der Waals surface area contributed by atoms with Crippen LogP contribution in [0.15, 0.2) is 53.8 Å². The molecule has 1 aliphatic rings. The molecule has 2 heterocycles. The van der Waals surface area contributed by atoms with Gasteiger partial charge in [-0.25, -0.2) is 0 Å². The van der Waals surface area contributed by atoms with Crippen molar-refractivity contribution in [1.82, 2.24) is 9.55 Å². The van der Waals surface area contributed by atoms with Gasteiger partial charge < -0.3 is 19.8 Å². The fourth-order valence-corrected chi connectivity index (χ4v) is 3.40. The predicted molar refractivity (Wildman–Crippen MR) is 114 cm³/mol. The van der Waals surface area contributed by atoms with Crippen molar-refractivity contribution < 1.29 is 14.3 Å².